The van der Waals surface area contributed by atoms with Gasteiger partial charge >= 0.3 is 0 Å². The topological polar surface area (TPSA) is 58.4 Å². The molecule has 0 fully saturated rings. The van der Waals surface area contributed by atoms with E-state index < -0.39 is 0 Å². The van der Waals surface area contributed by atoms with Crippen LogP contribution in [0.4, 0.5) is 0 Å². The van der Waals surface area contributed by atoms with Crippen molar-refractivity contribution in [1.82, 2.24) is 15.2 Å². The zero-order valence-electron chi connectivity index (χ0n) is 14.2. The van der Waals surface area contributed by atoms with E-state index in [1.807, 2.05) is 38.1 Å². The lowest BCUT2D eigenvalue weighted by Gasteiger charge is -2.18. The molecule has 0 radical (unpaired) electrons. The Morgan fingerprint density at radius 3 is 2.64 bits per heavy atom. The highest BCUT2D eigenvalue weighted by Gasteiger charge is 2.17. The lowest BCUT2D eigenvalue weighted by Crippen LogP contribution is -2.41. The van der Waals surface area contributed by atoms with Crippen molar-refractivity contribution in [2.45, 2.75) is 45.7 Å². The van der Waals surface area contributed by atoms with E-state index in [9.17, 15) is 4.79 Å². The number of likely N-dealkylation sites (N-methyl/N-ethyl adjacent to an activating group) is 1. The second-order valence-corrected chi connectivity index (χ2v) is 6.90. The zero-order valence-corrected chi connectivity index (χ0v) is 14.2. The lowest BCUT2D eigenvalue weighted by atomic mass is 9.87. The van der Waals surface area contributed by atoms with Gasteiger partial charge in [0.15, 0.2) is 5.58 Å². The summed E-state index contributed by atoms with van der Waals surface area (Å²) >= 11 is 0. The molecule has 2 rings (SSSR count). The molecule has 1 atom stereocenters. The minimum Gasteiger partial charge on any atom is -0.439 e. The maximum absolute atomic E-state index is 11.9. The molecule has 1 aromatic carbocycles. The van der Waals surface area contributed by atoms with Gasteiger partial charge in [-0.1, -0.05) is 26.8 Å². The molecule has 0 bridgehead atoms. The maximum atomic E-state index is 11.9. The second-order valence-electron chi connectivity index (χ2n) is 6.90. The molecule has 1 amide bonds. The third kappa shape index (κ3) is 3.65. The molecule has 0 saturated carbocycles. The van der Waals surface area contributed by atoms with E-state index in [1.165, 1.54) is 5.56 Å². The second kappa shape index (κ2) is 6.08. The molecule has 0 aliphatic rings. The molecule has 22 heavy (non-hydrogen) atoms. The van der Waals surface area contributed by atoms with Crippen LogP contribution in [0.2, 0.25) is 0 Å². The Morgan fingerprint density at radius 1 is 1.36 bits per heavy atom. The first-order valence-electron chi connectivity index (χ1n) is 7.52. The van der Waals surface area contributed by atoms with Crippen molar-refractivity contribution >= 4 is 17.0 Å². The molecular formula is C17H25N3O2. The Balaban J connectivity index is 2.12. The fourth-order valence-corrected chi connectivity index (χ4v) is 2.06. The van der Waals surface area contributed by atoms with Crippen molar-refractivity contribution in [3.63, 3.8) is 0 Å². The highest BCUT2D eigenvalue weighted by Crippen LogP contribution is 2.26. The van der Waals surface area contributed by atoms with Gasteiger partial charge in [0.1, 0.15) is 5.52 Å². The van der Waals surface area contributed by atoms with Crippen LogP contribution >= 0.6 is 0 Å². The molecule has 1 N–H and O–H groups in total. The van der Waals surface area contributed by atoms with Gasteiger partial charge in [-0.3, -0.25) is 9.69 Å². The summed E-state index contributed by atoms with van der Waals surface area (Å²) < 4.78 is 5.69. The molecule has 1 heterocycles. The molecule has 1 aromatic heterocycles. The average molecular weight is 303 g/mol. The Labute approximate surface area is 131 Å². The van der Waals surface area contributed by atoms with E-state index in [4.69, 9.17) is 4.42 Å². The largest absolute Gasteiger partial charge is 0.439 e. The number of carbonyl (C=O) groups is 1. The third-order valence-electron chi connectivity index (χ3n) is 3.87. The SMILES string of the molecule is C[C@@H](C(=O)NCc1nc2cc(C(C)(C)C)ccc2o1)N(C)C. The number of nitrogens with one attached hydrogen (secondary N) is 1. The van der Waals surface area contributed by atoms with Gasteiger partial charge in [0.05, 0.1) is 12.6 Å². The minimum atomic E-state index is -0.183. The summed E-state index contributed by atoms with van der Waals surface area (Å²) in [6.45, 7) is 8.65. The van der Waals surface area contributed by atoms with E-state index in [1.54, 1.807) is 0 Å². The summed E-state index contributed by atoms with van der Waals surface area (Å²) in [5.74, 6) is 0.489. The van der Waals surface area contributed by atoms with Gasteiger partial charge in [-0.05, 0) is 44.1 Å². The number of nitrogens with zero attached hydrogens (tertiary/aromatic N) is 2. The van der Waals surface area contributed by atoms with Crippen molar-refractivity contribution in [2.75, 3.05) is 14.1 Å². The van der Waals surface area contributed by atoms with Crippen molar-refractivity contribution in [3.05, 3.63) is 29.7 Å². The van der Waals surface area contributed by atoms with Crippen LogP contribution < -0.4 is 5.32 Å². The number of oxazole rings is 1. The molecule has 0 aliphatic heterocycles. The first kappa shape index (κ1) is 16.5. The average Bonchev–Trinajstić information content (AvgIpc) is 2.84. The van der Waals surface area contributed by atoms with Gasteiger partial charge < -0.3 is 9.73 Å². The quantitative estimate of drug-likeness (QED) is 0.943. The lowest BCUT2D eigenvalue weighted by molar-refractivity contribution is -0.125. The van der Waals surface area contributed by atoms with Crippen LogP contribution in [0.5, 0.6) is 0 Å². The van der Waals surface area contributed by atoms with Gasteiger partial charge in [-0.15, -0.1) is 0 Å². The predicted molar refractivity (Wildman–Crippen MR) is 87.7 cm³/mol. The molecule has 0 unspecified atom stereocenters. The van der Waals surface area contributed by atoms with Crippen molar-refractivity contribution in [1.29, 1.82) is 0 Å². The number of amides is 1. The van der Waals surface area contributed by atoms with Gasteiger partial charge in [-0.2, -0.15) is 0 Å². The number of carbonyl (C=O) groups excluding carboxylic acids is 1. The zero-order chi connectivity index (χ0) is 16.5. The standard InChI is InChI=1S/C17H25N3O2/c1-11(20(5)6)16(21)18-10-15-19-13-9-12(17(2,3)4)7-8-14(13)22-15/h7-9,11H,10H2,1-6H3,(H,18,21)/t11-/m0/s1. The summed E-state index contributed by atoms with van der Waals surface area (Å²) in [6, 6.07) is 5.87. The maximum Gasteiger partial charge on any atom is 0.237 e. The summed E-state index contributed by atoms with van der Waals surface area (Å²) in [7, 11) is 3.75. The van der Waals surface area contributed by atoms with E-state index in [2.05, 4.69) is 37.1 Å². The van der Waals surface area contributed by atoms with Gasteiger partial charge in [0.2, 0.25) is 11.8 Å². The monoisotopic (exact) mass is 303 g/mol. The molecule has 2 aromatic rings. The number of benzene rings is 1. The van der Waals surface area contributed by atoms with E-state index in [0.717, 1.165) is 11.1 Å². The van der Waals surface area contributed by atoms with Crippen LogP contribution in [-0.4, -0.2) is 35.9 Å². The Kier molecular flexibility index (Phi) is 4.56. The third-order valence-corrected chi connectivity index (χ3v) is 3.87. The van der Waals surface area contributed by atoms with Crippen molar-refractivity contribution in [3.8, 4) is 0 Å². The normalized spacial score (nSPS) is 13.6. The number of hydrogen-bond acceptors (Lipinski definition) is 4. The summed E-state index contributed by atoms with van der Waals surface area (Å²) in [6.07, 6.45) is 0. The van der Waals surface area contributed by atoms with Crippen LogP contribution in [0.25, 0.3) is 11.1 Å². The molecular weight excluding hydrogens is 278 g/mol. The number of aromatic nitrogens is 1. The molecule has 5 heteroatoms. The van der Waals surface area contributed by atoms with Gasteiger partial charge in [0.25, 0.3) is 0 Å². The van der Waals surface area contributed by atoms with Crippen LogP contribution in [0.3, 0.4) is 0 Å². The fraction of sp³-hybridized carbons (Fsp3) is 0.529. The predicted octanol–water partition coefficient (Wildman–Crippen LogP) is 2.69. The van der Waals surface area contributed by atoms with E-state index in [0.29, 0.717) is 12.4 Å². The highest BCUT2D eigenvalue weighted by atomic mass is 16.3. The van der Waals surface area contributed by atoms with E-state index >= 15 is 0 Å². The summed E-state index contributed by atoms with van der Waals surface area (Å²) in [5.41, 5.74) is 2.86. The highest BCUT2D eigenvalue weighted by molar-refractivity contribution is 5.81. The van der Waals surface area contributed by atoms with Crippen molar-refractivity contribution in [2.24, 2.45) is 0 Å². The first-order valence-corrected chi connectivity index (χ1v) is 7.52. The number of hydrogen-bond donors (Lipinski definition) is 1. The molecule has 0 saturated heterocycles. The van der Waals surface area contributed by atoms with Crippen LogP contribution in [0.15, 0.2) is 22.6 Å². The van der Waals surface area contributed by atoms with E-state index in [-0.39, 0.29) is 17.4 Å². The Hall–Kier alpha value is -1.88. The first-order chi connectivity index (χ1) is 10.2. The van der Waals surface area contributed by atoms with Gasteiger partial charge in [-0.25, -0.2) is 4.98 Å². The molecule has 5 nitrogen and oxygen atoms in total. The Bertz CT molecular complexity index is 668. The van der Waals surface area contributed by atoms with Crippen LogP contribution in [0.1, 0.15) is 39.1 Å². The summed E-state index contributed by atoms with van der Waals surface area (Å²) in [5, 5.41) is 2.85. The molecule has 0 aliphatic carbocycles. The minimum absolute atomic E-state index is 0.0392. The summed E-state index contributed by atoms with van der Waals surface area (Å²) in [4.78, 5) is 18.3. The smallest absolute Gasteiger partial charge is 0.237 e. The molecule has 0 spiro atoms. The number of fused-ring (bicyclic) bond motifs is 1. The molecule has 120 valence electrons. The van der Waals surface area contributed by atoms with Crippen molar-refractivity contribution < 1.29 is 9.21 Å². The Morgan fingerprint density at radius 2 is 2.05 bits per heavy atom. The van der Waals surface area contributed by atoms with Crippen LogP contribution in [0, 0.1) is 0 Å². The number of rotatable bonds is 4. The van der Waals surface area contributed by atoms with Crippen LogP contribution in [-0.2, 0) is 16.8 Å². The van der Waals surface area contributed by atoms with Gasteiger partial charge in [0, 0.05) is 0 Å². The fourth-order valence-electron chi connectivity index (χ4n) is 2.06.